The predicted molar refractivity (Wildman–Crippen MR) is 67.2 cm³/mol. The zero-order chi connectivity index (χ0) is 14.9. The lowest BCUT2D eigenvalue weighted by Gasteiger charge is -2.11. The Bertz CT molecular complexity index is 584. The standard InChI is InChI=1S/C13H13NO6/c1-2-20-12(17)13(11(15)16)7-10(13)8-4-3-5-9(6-8)14(18)19/h3-6,10H,2,7H2,1H3,(H,15,16). The molecule has 1 aliphatic rings. The molecule has 0 saturated heterocycles. The normalized spacial score (nSPS) is 23.9. The van der Waals surface area contributed by atoms with Gasteiger partial charge in [0.05, 0.1) is 11.5 Å². The van der Waals surface area contributed by atoms with Crippen molar-refractivity contribution < 1.29 is 24.4 Å². The van der Waals surface area contributed by atoms with Crippen molar-refractivity contribution in [2.75, 3.05) is 6.61 Å². The zero-order valence-corrected chi connectivity index (χ0v) is 10.7. The molecule has 1 N–H and O–H groups in total. The van der Waals surface area contributed by atoms with Gasteiger partial charge in [-0.2, -0.15) is 0 Å². The molecular weight excluding hydrogens is 266 g/mol. The van der Waals surface area contributed by atoms with Gasteiger partial charge in [0.15, 0.2) is 5.41 Å². The van der Waals surface area contributed by atoms with Crippen molar-refractivity contribution in [3.63, 3.8) is 0 Å². The van der Waals surface area contributed by atoms with Gasteiger partial charge in [0, 0.05) is 18.1 Å². The van der Waals surface area contributed by atoms with Gasteiger partial charge in [-0.3, -0.25) is 19.7 Å². The van der Waals surface area contributed by atoms with Gasteiger partial charge in [-0.1, -0.05) is 12.1 Å². The number of hydrogen-bond acceptors (Lipinski definition) is 5. The number of esters is 1. The Balaban J connectivity index is 2.31. The zero-order valence-electron chi connectivity index (χ0n) is 10.7. The van der Waals surface area contributed by atoms with Gasteiger partial charge in [-0.05, 0) is 18.9 Å². The van der Waals surface area contributed by atoms with Crippen LogP contribution in [0.25, 0.3) is 0 Å². The Hall–Kier alpha value is -2.44. The summed E-state index contributed by atoms with van der Waals surface area (Å²) in [5.41, 5.74) is -1.27. The van der Waals surface area contributed by atoms with Gasteiger partial charge in [0.25, 0.3) is 5.69 Å². The van der Waals surface area contributed by atoms with E-state index in [0.717, 1.165) is 0 Å². The maximum atomic E-state index is 11.8. The lowest BCUT2D eigenvalue weighted by Crippen LogP contribution is -2.29. The smallest absolute Gasteiger partial charge is 0.324 e. The minimum absolute atomic E-state index is 0.0928. The van der Waals surface area contributed by atoms with E-state index in [0.29, 0.717) is 5.56 Å². The summed E-state index contributed by atoms with van der Waals surface area (Å²) in [6.07, 6.45) is 0.0995. The third kappa shape index (κ3) is 2.11. The molecule has 0 amide bonds. The first-order valence-corrected chi connectivity index (χ1v) is 6.08. The van der Waals surface area contributed by atoms with Gasteiger partial charge in [0.1, 0.15) is 0 Å². The molecule has 2 unspecified atom stereocenters. The second kappa shape index (κ2) is 4.92. The van der Waals surface area contributed by atoms with Crippen LogP contribution in [-0.2, 0) is 14.3 Å². The van der Waals surface area contributed by atoms with E-state index in [9.17, 15) is 24.8 Å². The third-order valence-electron chi connectivity index (χ3n) is 3.47. The molecule has 0 bridgehead atoms. The number of rotatable bonds is 5. The average Bonchev–Trinajstić information content (AvgIpc) is 3.16. The minimum atomic E-state index is -1.61. The maximum absolute atomic E-state index is 11.8. The second-order valence-corrected chi connectivity index (χ2v) is 4.61. The number of non-ortho nitro benzene ring substituents is 1. The first-order valence-electron chi connectivity index (χ1n) is 6.08. The summed E-state index contributed by atoms with van der Waals surface area (Å²) < 4.78 is 4.81. The summed E-state index contributed by atoms with van der Waals surface area (Å²) in [6.45, 7) is 1.69. The molecule has 1 saturated carbocycles. The van der Waals surface area contributed by atoms with Gasteiger partial charge in [-0.15, -0.1) is 0 Å². The van der Waals surface area contributed by atoms with Crippen LogP contribution in [-0.4, -0.2) is 28.6 Å². The van der Waals surface area contributed by atoms with E-state index in [-0.39, 0.29) is 18.7 Å². The van der Waals surface area contributed by atoms with Crippen LogP contribution in [0.5, 0.6) is 0 Å². The molecule has 2 atom stereocenters. The molecule has 7 nitrogen and oxygen atoms in total. The van der Waals surface area contributed by atoms with Crippen molar-refractivity contribution >= 4 is 17.6 Å². The largest absolute Gasteiger partial charge is 0.480 e. The fourth-order valence-electron chi connectivity index (χ4n) is 2.33. The Morgan fingerprint density at radius 1 is 1.55 bits per heavy atom. The van der Waals surface area contributed by atoms with E-state index in [4.69, 9.17) is 4.74 Å². The summed E-state index contributed by atoms with van der Waals surface area (Å²) in [7, 11) is 0. The lowest BCUT2D eigenvalue weighted by molar-refractivity contribution is -0.384. The first-order chi connectivity index (χ1) is 9.43. The molecule has 1 fully saturated rings. The van der Waals surface area contributed by atoms with Crippen molar-refractivity contribution in [1.29, 1.82) is 0 Å². The van der Waals surface area contributed by atoms with E-state index >= 15 is 0 Å². The van der Waals surface area contributed by atoms with E-state index in [1.54, 1.807) is 13.0 Å². The van der Waals surface area contributed by atoms with Gasteiger partial charge in [0.2, 0.25) is 0 Å². The minimum Gasteiger partial charge on any atom is -0.480 e. The van der Waals surface area contributed by atoms with Crippen LogP contribution in [0.3, 0.4) is 0 Å². The van der Waals surface area contributed by atoms with Crippen LogP contribution >= 0.6 is 0 Å². The van der Waals surface area contributed by atoms with Gasteiger partial charge in [-0.25, -0.2) is 0 Å². The molecule has 0 radical (unpaired) electrons. The summed E-state index contributed by atoms with van der Waals surface area (Å²) >= 11 is 0. The molecule has 0 aliphatic heterocycles. The number of ether oxygens (including phenoxy) is 1. The molecule has 1 aromatic rings. The Morgan fingerprint density at radius 3 is 2.80 bits per heavy atom. The number of nitrogens with zero attached hydrogens (tertiary/aromatic N) is 1. The molecule has 7 heteroatoms. The molecule has 20 heavy (non-hydrogen) atoms. The van der Waals surface area contributed by atoms with E-state index in [1.807, 2.05) is 0 Å². The predicted octanol–water partition coefficient (Wildman–Crippen LogP) is 1.72. The van der Waals surface area contributed by atoms with Crippen molar-refractivity contribution in [1.82, 2.24) is 0 Å². The summed E-state index contributed by atoms with van der Waals surface area (Å²) in [5, 5.41) is 20.0. The average molecular weight is 279 g/mol. The van der Waals surface area contributed by atoms with Crippen molar-refractivity contribution in [3.8, 4) is 0 Å². The van der Waals surface area contributed by atoms with Crippen molar-refractivity contribution in [2.24, 2.45) is 5.41 Å². The maximum Gasteiger partial charge on any atom is 0.324 e. The molecular formula is C13H13NO6. The SMILES string of the molecule is CCOC(=O)C1(C(=O)O)CC1c1cccc([N+](=O)[O-])c1. The molecule has 1 aromatic carbocycles. The summed E-state index contributed by atoms with van der Waals surface area (Å²) in [5.74, 6) is -2.63. The molecule has 0 aromatic heterocycles. The highest BCUT2D eigenvalue weighted by molar-refractivity contribution is 6.04. The number of carbonyl (C=O) groups is 2. The van der Waals surface area contributed by atoms with Crippen LogP contribution in [0.2, 0.25) is 0 Å². The molecule has 0 spiro atoms. The van der Waals surface area contributed by atoms with Crippen LogP contribution in [0, 0.1) is 15.5 Å². The van der Waals surface area contributed by atoms with Crippen LogP contribution < -0.4 is 0 Å². The number of carboxylic acid groups (broad SMARTS) is 1. The number of aliphatic carboxylic acids is 1. The fraction of sp³-hybridized carbons (Fsp3) is 0.385. The van der Waals surface area contributed by atoms with E-state index in [2.05, 4.69) is 0 Å². The summed E-state index contributed by atoms with van der Waals surface area (Å²) in [4.78, 5) is 33.4. The lowest BCUT2D eigenvalue weighted by atomic mass is 9.99. The van der Waals surface area contributed by atoms with Crippen molar-refractivity contribution in [3.05, 3.63) is 39.9 Å². The van der Waals surface area contributed by atoms with Gasteiger partial charge < -0.3 is 9.84 Å². The number of carbonyl (C=O) groups excluding carboxylic acids is 1. The topological polar surface area (TPSA) is 107 Å². The monoisotopic (exact) mass is 279 g/mol. The highest BCUT2D eigenvalue weighted by Gasteiger charge is 2.68. The van der Waals surface area contributed by atoms with E-state index in [1.165, 1.54) is 18.2 Å². The number of benzene rings is 1. The number of hydrogen-bond donors (Lipinski definition) is 1. The highest BCUT2D eigenvalue weighted by Crippen LogP contribution is 2.60. The number of nitro groups is 1. The molecule has 2 rings (SSSR count). The Kier molecular flexibility index (Phi) is 3.44. The molecule has 1 aliphatic carbocycles. The Morgan fingerprint density at radius 2 is 2.25 bits per heavy atom. The van der Waals surface area contributed by atoms with Crippen molar-refractivity contribution in [2.45, 2.75) is 19.3 Å². The number of carboxylic acids is 1. The van der Waals surface area contributed by atoms with Gasteiger partial charge >= 0.3 is 11.9 Å². The van der Waals surface area contributed by atoms with Crippen LogP contribution in [0.15, 0.2) is 24.3 Å². The summed E-state index contributed by atoms with van der Waals surface area (Å²) in [6, 6.07) is 5.68. The van der Waals surface area contributed by atoms with E-state index < -0.39 is 28.2 Å². The number of nitro benzene ring substituents is 1. The van der Waals surface area contributed by atoms with Crippen LogP contribution in [0.4, 0.5) is 5.69 Å². The first kappa shape index (κ1) is 14.0. The van der Waals surface area contributed by atoms with Crippen LogP contribution in [0.1, 0.15) is 24.8 Å². The third-order valence-corrected chi connectivity index (χ3v) is 3.47. The Labute approximate surface area is 114 Å². The molecule has 106 valence electrons. The highest BCUT2D eigenvalue weighted by atomic mass is 16.6. The molecule has 0 heterocycles. The fourth-order valence-corrected chi connectivity index (χ4v) is 2.33. The second-order valence-electron chi connectivity index (χ2n) is 4.61. The quantitative estimate of drug-likeness (QED) is 0.380.